The van der Waals surface area contributed by atoms with Gasteiger partial charge < -0.3 is 10.4 Å². The molecule has 0 aliphatic carbocycles. The van der Waals surface area contributed by atoms with Gasteiger partial charge >= 0.3 is 12.1 Å². The molecule has 1 amide bonds. The van der Waals surface area contributed by atoms with Gasteiger partial charge in [-0.05, 0) is 23.8 Å². The zero-order chi connectivity index (χ0) is 21.6. The quantitative estimate of drug-likeness (QED) is 0.748. The Morgan fingerprint density at radius 1 is 1.24 bits per heavy atom. The molecule has 0 radical (unpaired) electrons. The van der Waals surface area contributed by atoms with Gasteiger partial charge in [0.25, 0.3) is 0 Å². The van der Waals surface area contributed by atoms with Gasteiger partial charge in [0.15, 0.2) is 0 Å². The summed E-state index contributed by atoms with van der Waals surface area (Å²) in [5.41, 5.74) is 2.16. The molecule has 2 aromatic rings. The minimum absolute atomic E-state index is 0.00934. The Hall–Kier alpha value is -2.95. The second-order valence-corrected chi connectivity index (χ2v) is 6.40. The molecule has 0 saturated carbocycles. The first-order chi connectivity index (χ1) is 13.6. The first-order valence-electron chi connectivity index (χ1n) is 8.60. The second-order valence-electron chi connectivity index (χ2n) is 6.40. The van der Waals surface area contributed by atoms with E-state index in [9.17, 15) is 22.4 Å². The Balaban J connectivity index is 0.000000370. The predicted molar refractivity (Wildman–Crippen MR) is 94.2 cm³/mol. The first kappa shape index (κ1) is 22.3. The van der Waals surface area contributed by atoms with Crippen LogP contribution in [0.3, 0.4) is 0 Å². The van der Waals surface area contributed by atoms with Gasteiger partial charge in [0.05, 0.1) is 18.2 Å². The predicted octanol–water partition coefficient (Wildman–Crippen LogP) is 2.35. The third-order valence-electron chi connectivity index (χ3n) is 4.21. The van der Waals surface area contributed by atoms with E-state index in [0.717, 1.165) is 30.9 Å². The van der Waals surface area contributed by atoms with Crippen LogP contribution in [0.4, 0.5) is 17.6 Å². The van der Waals surface area contributed by atoms with E-state index in [-0.39, 0.29) is 17.8 Å². The lowest BCUT2D eigenvalue weighted by atomic mass is 10.1. The Labute approximate surface area is 163 Å². The summed E-state index contributed by atoms with van der Waals surface area (Å²) >= 11 is 0. The molecule has 2 N–H and O–H groups in total. The monoisotopic (exact) mass is 416 g/mol. The molecule has 0 spiro atoms. The Kier molecular flexibility index (Phi) is 7.32. The van der Waals surface area contributed by atoms with Crippen molar-refractivity contribution in [3.8, 4) is 0 Å². The largest absolute Gasteiger partial charge is 0.490 e. The molecule has 158 valence electrons. The number of fused-ring (bicyclic) bond motifs is 1. The summed E-state index contributed by atoms with van der Waals surface area (Å²) in [5.74, 6) is -2.97. The van der Waals surface area contributed by atoms with Crippen molar-refractivity contribution in [2.75, 3.05) is 13.6 Å². The molecule has 11 heteroatoms. The highest BCUT2D eigenvalue weighted by atomic mass is 19.4. The third kappa shape index (κ3) is 6.56. The average molecular weight is 416 g/mol. The molecule has 0 bridgehead atoms. The van der Waals surface area contributed by atoms with Gasteiger partial charge in [-0.3, -0.25) is 14.4 Å². The average Bonchev–Trinajstić information content (AvgIpc) is 3.12. The Morgan fingerprint density at radius 3 is 2.41 bits per heavy atom. The standard InChI is InChI=1S/C16H19FN4O.C2HF3O2/c1-18-16(22)8-15-11-20(10-14-6-7-19-21(14)15)9-12-2-4-13(17)5-3-12;3-2(4,5)1(6)7/h2-7,15H,8-11H2,1H3,(H,18,22);(H,6,7). The van der Waals surface area contributed by atoms with Crippen LogP contribution >= 0.6 is 0 Å². The number of benzene rings is 1. The first-order valence-corrected chi connectivity index (χ1v) is 8.60. The van der Waals surface area contributed by atoms with Gasteiger partial charge in [-0.15, -0.1) is 0 Å². The fourth-order valence-corrected chi connectivity index (χ4v) is 2.90. The molecule has 1 unspecified atom stereocenters. The highest BCUT2D eigenvalue weighted by molar-refractivity contribution is 5.76. The summed E-state index contributed by atoms with van der Waals surface area (Å²) < 4.78 is 46.7. The van der Waals surface area contributed by atoms with Gasteiger partial charge in [-0.25, -0.2) is 9.18 Å². The fraction of sp³-hybridized carbons (Fsp3) is 0.389. The molecule has 1 aliphatic heterocycles. The number of amides is 1. The number of carboxylic acid groups (broad SMARTS) is 1. The van der Waals surface area contributed by atoms with E-state index >= 15 is 0 Å². The number of carbonyl (C=O) groups is 2. The maximum Gasteiger partial charge on any atom is 0.490 e. The number of nitrogens with one attached hydrogen (secondary N) is 1. The molecule has 2 heterocycles. The summed E-state index contributed by atoms with van der Waals surface area (Å²) in [6, 6.07) is 8.56. The highest BCUT2D eigenvalue weighted by Crippen LogP contribution is 2.24. The van der Waals surface area contributed by atoms with Gasteiger partial charge in [0.1, 0.15) is 5.82 Å². The maximum absolute atomic E-state index is 13.0. The molecule has 7 nitrogen and oxygen atoms in total. The zero-order valence-electron chi connectivity index (χ0n) is 15.5. The van der Waals surface area contributed by atoms with Crippen LogP contribution in [0.15, 0.2) is 36.5 Å². The van der Waals surface area contributed by atoms with Crippen molar-refractivity contribution in [2.24, 2.45) is 0 Å². The van der Waals surface area contributed by atoms with Crippen molar-refractivity contribution < 1.29 is 32.3 Å². The number of alkyl halides is 3. The molecule has 1 atom stereocenters. The molecule has 1 aromatic carbocycles. The Bertz CT molecular complexity index is 836. The van der Waals surface area contributed by atoms with Crippen LogP contribution in [-0.4, -0.2) is 51.4 Å². The SMILES string of the molecule is CNC(=O)CC1CN(Cc2ccc(F)cc2)Cc2ccnn21.O=C(O)C(F)(F)F. The van der Waals surface area contributed by atoms with E-state index in [0.29, 0.717) is 6.42 Å². The topological polar surface area (TPSA) is 87.5 Å². The minimum Gasteiger partial charge on any atom is -0.475 e. The second kappa shape index (κ2) is 9.50. The lowest BCUT2D eigenvalue weighted by Crippen LogP contribution is -2.39. The molecular weight excluding hydrogens is 396 g/mol. The molecule has 0 fully saturated rings. The van der Waals surface area contributed by atoms with E-state index in [4.69, 9.17) is 9.90 Å². The normalized spacial score (nSPS) is 16.4. The highest BCUT2D eigenvalue weighted by Gasteiger charge is 2.38. The van der Waals surface area contributed by atoms with Gasteiger partial charge in [-0.2, -0.15) is 18.3 Å². The van der Waals surface area contributed by atoms with Crippen molar-refractivity contribution in [1.29, 1.82) is 0 Å². The van der Waals surface area contributed by atoms with E-state index < -0.39 is 12.1 Å². The maximum atomic E-state index is 13.0. The van der Waals surface area contributed by atoms with Crippen LogP contribution in [0.1, 0.15) is 23.7 Å². The summed E-state index contributed by atoms with van der Waals surface area (Å²) in [6.07, 6.45) is -2.90. The molecule has 3 rings (SSSR count). The van der Waals surface area contributed by atoms with Gasteiger partial charge in [0, 0.05) is 32.9 Å². The van der Waals surface area contributed by atoms with Crippen molar-refractivity contribution in [3.05, 3.63) is 53.6 Å². The molecule has 0 saturated heterocycles. The van der Waals surface area contributed by atoms with Crippen molar-refractivity contribution >= 4 is 11.9 Å². The van der Waals surface area contributed by atoms with E-state index in [1.807, 2.05) is 10.7 Å². The van der Waals surface area contributed by atoms with E-state index in [1.54, 1.807) is 25.4 Å². The fourth-order valence-electron chi connectivity index (χ4n) is 2.90. The number of hydrogen-bond acceptors (Lipinski definition) is 4. The van der Waals surface area contributed by atoms with Crippen LogP contribution < -0.4 is 5.32 Å². The lowest BCUT2D eigenvalue weighted by Gasteiger charge is -2.33. The number of carboxylic acids is 1. The number of hydrogen-bond donors (Lipinski definition) is 2. The number of aliphatic carboxylic acids is 1. The number of rotatable bonds is 4. The van der Waals surface area contributed by atoms with E-state index in [1.165, 1.54) is 12.1 Å². The smallest absolute Gasteiger partial charge is 0.475 e. The number of halogens is 4. The van der Waals surface area contributed by atoms with Crippen LogP contribution in [0.25, 0.3) is 0 Å². The van der Waals surface area contributed by atoms with Gasteiger partial charge in [-0.1, -0.05) is 12.1 Å². The number of nitrogens with zero attached hydrogens (tertiary/aromatic N) is 3. The number of aromatic nitrogens is 2. The molecular formula is C18H20F4N4O3. The van der Waals surface area contributed by atoms with Crippen molar-refractivity contribution in [2.45, 2.75) is 31.7 Å². The van der Waals surface area contributed by atoms with Gasteiger partial charge in [0.2, 0.25) is 5.91 Å². The summed E-state index contributed by atoms with van der Waals surface area (Å²) in [4.78, 5) is 22.9. The van der Waals surface area contributed by atoms with Crippen LogP contribution in [0.5, 0.6) is 0 Å². The Morgan fingerprint density at radius 2 is 1.86 bits per heavy atom. The van der Waals surface area contributed by atoms with E-state index in [2.05, 4.69) is 15.3 Å². The zero-order valence-corrected chi connectivity index (χ0v) is 15.5. The van der Waals surface area contributed by atoms with Crippen molar-refractivity contribution in [3.63, 3.8) is 0 Å². The molecule has 29 heavy (non-hydrogen) atoms. The lowest BCUT2D eigenvalue weighted by molar-refractivity contribution is -0.192. The summed E-state index contributed by atoms with van der Waals surface area (Å²) in [6.45, 7) is 2.26. The van der Waals surface area contributed by atoms with Crippen molar-refractivity contribution in [1.82, 2.24) is 20.0 Å². The van der Waals surface area contributed by atoms with Crippen LogP contribution in [0.2, 0.25) is 0 Å². The summed E-state index contributed by atoms with van der Waals surface area (Å²) in [7, 11) is 1.64. The minimum atomic E-state index is -5.08. The number of carbonyl (C=O) groups excluding carboxylic acids is 1. The van der Waals surface area contributed by atoms with Crippen LogP contribution in [-0.2, 0) is 22.7 Å². The third-order valence-corrected chi connectivity index (χ3v) is 4.21. The molecule has 1 aromatic heterocycles. The summed E-state index contributed by atoms with van der Waals surface area (Å²) in [5, 5.41) is 14.1. The molecule has 1 aliphatic rings. The van der Waals surface area contributed by atoms with Crippen LogP contribution in [0, 0.1) is 5.82 Å².